The minimum atomic E-state index is -4.83. The monoisotopic (exact) mass is 372 g/mol. The topological polar surface area (TPSA) is 81.5 Å². The number of allylic oxidation sites excluding steroid dienone is 1. The molecule has 0 atom stereocenters. The molecule has 6 nitrogen and oxygen atoms in total. The Morgan fingerprint density at radius 3 is 2.69 bits per heavy atom. The summed E-state index contributed by atoms with van der Waals surface area (Å²) in [6.07, 6.45) is 2.36. The van der Waals surface area contributed by atoms with Crippen molar-refractivity contribution < 1.29 is 27.6 Å². The lowest BCUT2D eigenvalue weighted by Crippen LogP contribution is -2.30. The van der Waals surface area contributed by atoms with Gasteiger partial charge in [-0.1, -0.05) is 11.6 Å². The number of nitro benzene ring substituents is 1. The van der Waals surface area contributed by atoms with E-state index in [2.05, 4.69) is 11.4 Å². The highest BCUT2D eigenvalue weighted by molar-refractivity contribution is 5.77. The van der Waals surface area contributed by atoms with Gasteiger partial charge < -0.3 is 10.1 Å². The van der Waals surface area contributed by atoms with E-state index in [9.17, 15) is 28.1 Å². The number of hydrogen-bond acceptors (Lipinski definition) is 4. The number of benzene rings is 1. The molecule has 0 unspecified atom stereocenters. The number of alkyl halides is 3. The molecule has 1 aromatic rings. The Balaban J connectivity index is 1.90. The van der Waals surface area contributed by atoms with Crippen LogP contribution < -0.4 is 10.1 Å². The molecule has 0 aliphatic heterocycles. The molecule has 0 aromatic heterocycles. The maximum absolute atomic E-state index is 13.0. The summed E-state index contributed by atoms with van der Waals surface area (Å²) in [6, 6.07) is 2.14. The normalized spacial score (nSPS) is 14.5. The molecule has 26 heavy (non-hydrogen) atoms. The predicted octanol–water partition coefficient (Wildman–Crippen LogP) is 4.00. The van der Waals surface area contributed by atoms with Crippen LogP contribution >= 0.6 is 0 Å². The number of halogens is 3. The Labute approximate surface area is 148 Å². The molecule has 1 amide bonds. The fourth-order valence-electron chi connectivity index (χ4n) is 2.67. The molecule has 1 aromatic carbocycles. The molecule has 0 saturated carbocycles. The number of nitro groups is 1. The average Bonchev–Trinajstić information content (AvgIpc) is 2.60. The standard InChI is InChI=1S/C17H19F3N2O4/c18-17(19,20)14-10-13(22(24)25)6-7-15(14)26-11-16(23)21-9-8-12-4-2-1-3-5-12/h4,6-7,10H,1-3,5,8-9,11H2,(H,21,23). The van der Waals surface area contributed by atoms with Crippen molar-refractivity contribution in [3.05, 3.63) is 45.5 Å². The van der Waals surface area contributed by atoms with E-state index >= 15 is 0 Å². The van der Waals surface area contributed by atoms with Gasteiger partial charge in [0.1, 0.15) is 11.3 Å². The van der Waals surface area contributed by atoms with Gasteiger partial charge in [0.15, 0.2) is 6.61 Å². The highest BCUT2D eigenvalue weighted by atomic mass is 19.4. The molecule has 142 valence electrons. The molecule has 0 radical (unpaired) electrons. The van der Waals surface area contributed by atoms with Crippen molar-refractivity contribution in [2.24, 2.45) is 0 Å². The molecule has 1 aliphatic carbocycles. The summed E-state index contributed by atoms with van der Waals surface area (Å²) < 4.78 is 44.0. The summed E-state index contributed by atoms with van der Waals surface area (Å²) in [5.74, 6) is -1.17. The fourth-order valence-corrected chi connectivity index (χ4v) is 2.67. The Morgan fingerprint density at radius 2 is 2.08 bits per heavy atom. The molecular formula is C17H19F3N2O4. The molecule has 0 heterocycles. The van der Waals surface area contributed by atoms with Crippen LogP contribution in [0, 0.1) is 10.1 Å². The van der Waals surface area contributed by atoms with E-state index in [1.165, 1.54) is 12.0 Å². The smallest absolute Gasteiger partial charge is 0.420 e. The Bertz CT molecular complexity index is 702. The number of nitrogens with zero attached hydrogens (tertiary/aromatic N) is 1. The van der Waals surface area contributed by atoms with Crippen molar-refractivity contribution in [3.8, 4) is 5.75 Å². The fraction of sp³-hybridized carbons (Fsp3) is 0.471. The molecule has 1 aliphatic rings. The van der Waals surface area contributed by atoms with E-state index < -0.39 is 40.6 Å². The summed E-state index contributed by atoms with van der Waals surface area (Å²) in [5, 5.41) is 13.2. The molecule has 0 saturated heterocycles. The lowest BCUT2D eigenvalue weighted by atomic mass is 9.97. The molecule has 2 rings (SSSR count). The third kappa shape index (κ3) is 5.75. The molecule has 9 heteroatoms. The van der Waals surface area contributed by atoms with E-state index in [0.717, 1.165) is 31.4 Å². The maximum atomic E-state index is 13.0. The van der Waals surface area contributed by atoms with E-state index in [0.29, 0.717) is 19.0 Å². The largest absolute Gasteiger partial charge is 0.483 e. The Hall–Kier alpha value is -2.58. The minimum Gasteiger partial charge on any atom is -0.483 e. The summed E-state index contributed by atoms with van der Waals surface area (Å²) in [6.45, 7) is -0.208. The van der Waals surface area contributed by atoms with E-state index in [-0.39, 0.29) is 0 Å². The molecular weight excluding hydrogens is 353 g/mol. The predicted molar refractivity (Wildman–Crippen MR) is 87.8 cm³/mol. The minimum absolute atomic E-state index is 0.389. The summed E-state index contributed by atoms with van der Waals surface area (Å²) >= 11 is 0. The molecule has 1 N–H and O–H groups in total. The number of carbonyl (C=O) groups is 1. The van der Waals surface area contributed by atoms with Crippen molar-refractivity contribution in [1.82, 2.24) is 5.32 Å². The van der Waals surface area contributed by atoms with Crippen LogP contribution in [0.25, 0.3) is 0 Å². The second-order valence-corrected chi connectivity index (χ2v) is 5.93. The number of amides is 1. The summed E-state index contributed by atoms with van der Waals surface area (Å²) in [7, 11) is 0. The molecule has 0 spiro atoms. The van der Waals surface area contributed by atoms with Gasteiger partial charge >= 0.3 is 6.18 Å². The first kappa shape index (κ1) is 19.7. The van der Waals surface area contributed by atoms with Gasteiger partial charge in [0.25, 0.3) is 11.6 Å². The van der Waals surface area contributed by atoms with Crippen molar-refractivity contribution in [1.29, 1.82) is 0 Å². The summed E-state index contributed by atoms with van der Waals surface area (Å²) in [5.41, 5.74) is -0.714. The highest BCUT2D eigenvalue weighted by Crippen LogP contribution is 2.38. The third-order valence-corrected chi connectivity index (χ3v) is 3.99. The first-order valence-corrected chi connectivity index (χ1v) is 8.20. The van der Waals surface area contributed by atoms with Crippen molar-refractivity contribution >= 4 is 11.6 Å². The van der Waals surface area contributed by atoms with Crippen LogP contribution in [0.15, 0.2) is 29.8 Å². The number of carbonyl (C=O) groups excluding carboxylic acids is 1. The second-order valence-electron chi connectivity index (χ2n) is 5.93. The van der Waals surface area contributed by atoms with Gasteiger partial charge in [-0.05, 0) is 38.2 Å². The highest BCUT2D eigenvalue weighted by Gasteiger charge is 2.36. The average molecular weight is 372 g/mol. The van der Waals surface area contributed by atoms with Gasteiger partial charge in [-0.25, -0.2) is 0 Å². The van der Waals surface area contributed by atoms with Gasteiger partial charge in [0.2, 0.25) is 0 Å². The quantitative estimate of drug-likeness (QED) is 0.446. The maximum Gasteiger partial charge on any atom is 0.420 e. The zero-order valence-corrected chi connectivity index (χ0v) is 14.0. The lowest BCUT2D eigenvalue weighted by molar-refractivity contribution is -0.385. The summed E-state index contributed by atoms with van der Waals surface area (Å²) in [4.78, 5) is 21.5. The van der Waals surface area contributed by atoms with Gasteiger partial charge in [0.05, 0.1) is 4.92 Å². The van der Waals surface area contributed by atoms with Crippen LogP contribution in [0.5, 0.6) is 5.75 Å². The first-order chi connectivity index (χ1) is 12.3. The zero-order chi connectivity index (χ0) is 19.2. The molecule has 0 fully saturated rings. The van der Waals surface area contributed by atoms with Crippen LogP contribution in [0.1, 0.15) is 37.7 Å². The van der Waals surface area contributed by atoms with Gasteiger partial charge in [-0.15, -0.1) is 0 Å². The van der Waals surface area contributed by atoms with Crippen LogP contribution in [-0.2, 0) is 11.0 Å². The van der Waals surface area contributed by atoms with Crippen molar-refractivity contribution in [3.63, 3.8) is 0 Å². The van der Waals surface area contributed by atoms with E-state index in [4.69, 9.17) is 4.74 Å². The number of nitrogens with one attached hydrogen (secondary N) is 1. The zero-order valence-electron chi connectivity index (χ0n) is 14.0. The third-order valence-electron chi connectivity index (χ3n) is 3.99. The number of non-ortho nitro benzene ring substituents is 1. The Kier molecular flexibility index (Phi) is 6.59. The van der Waals surface area contributed by atoms with Gasteiger partial charge in [0, 0.05) is 18.7 Å². The van der Waals surface area contributed by atoms with Crippen LogP contribution in [0.3, 0.4) is 0 Å². The number of hydrogen-bond donors (Lipinski definition) is 1. The van der Waals surface area contributed by atoms with Crippen molar-refractivity contribution in [2.75, 3.05) is 13.2 Å². The van der Waals surface area contributed by atoms with Crippen LogP contribution in [0.4, 0.5) is 18.9 Å². The lowest BCUT2D eigenvalue weighted by Gasteiger charge is -2.15. The second kappa shape index (κ2) is 8.68. The van der Waals surface area contributed by atoms with E-state index in [1.54, 1.807) is 0 Å². The van der Waals surface area contributed by atoms with Gasteiger partial charge in [-0.3, -0.25) is 14.9 Å². The van der Waals surface area contributed by atoms with Crippen molar-refractivity contribution in [2.45, 2.75) is 38.3 Å². The first-order valence-electron chi connectivity index (χ1n) is 8.20. The van der Waals surface area contributed by atoms with Gasteiger partial charge in [-0.2, -0.15) is 13.2 Å². The van der Waals surface area contributed by atoms with Crippen LogP contribution in [-0.4, -0.2) is 24.0 Å². The Morgan fingerprint density at radius 1 is 1.31 bits per heavy atom. The van der Waals surface area contributed by atoms with Crippen LogP contribution in [0.2, 0.25) is 0 Å². The SMILES string of the molecule is O=C(COc1ccc([N+](=O)[O-])cc1C(F)(F)F)NCCC1=CCCCC1. The molecule has 0 bridgehead atoms. The number of ether oxygens (including phenoxy) is 1. The van der Waals surface area contributed by atoms with E-state index in [1.807, 2.05) is 0 Å². The number of rotatable bonds is 7.